The summed E-state index contributed by atoms with van der Waals surface area (Å²) >= 11 is 0. The number of phenols is 1. The fourth-order valence-corrected chi connectivity index (χ4v) is 8.47. The summed E-state index contributed by atoms with van der Waals surface area (Å²) in [4.78, 5) is 0. The Morgan fingerprint density at radius 1 is 0.314 bits per heavy atom. The van der Waals surface area contributed by atoms with Crippen LogP contribution in [0.4, 0.5) is 0 Å². The van der Waals surface area contributed by atoms with Crippen LogP contribution in [0.3, 0.4) is 0 Å². The highest BCUT2D eigenvalue weighted by Crippen LogP contribution is 2.46. The van der Waals surface area contributed by atoms with Crippen LogP contribution in [-0.2, 0) is 0 Å². The van der Waals surface area contributed by atoms with Gasteiger partial charge in [0.25, 0.3) is 0 Å². The summed E-state index contributed by atoms with van der Waals surface area (Å²) in [6.07, 6.45) is 0. The molecule has 0 atom stereocenters. The van der Waals surface area contributed by atoms with Gasteiger partial charge in [-0.25, -0.2) is 0 Å². The Morgan fingerprint density at radius 2 is 0.824 bits per heavy atom. The minimum Gasteiger partial charge on any atom is -0.509 e. The van der Waals surface area contributed by atoms with Crippen molar-refractivity contribution in [1.82, 2.24) is 0 Å². The van der Waals surface area contributed by atoms with Crippen molar-refractivity contribution in [3.05, 3.63) is 152 Å². The van der Waals surface area contributed by atoms with E-state index in [-0.39, 0.29) is 0 Å². The molecule has 1 nitrogen and oxygen atoms in total. The largest absolute Gasteiger partial charge is 0.509 e. The van der Waals surface area contributed by atoms with Gasteiger partial charge in [0.15, 0.2) is 0 Å². The van der Waals surface area contributed by atoms with E-state index >= 15 is 0 Å². The van der Waals surface area contributed by atoms with Crippen LogP contribution in [0.5, 0.6) is 5.75 Å². The quantitative estimate of drug-likeness (QED) is 0.192. The zero-order valence-electron chi connectivity index (χ0n) is 29.4. The van der Waals surface area contributed by atoms with Gasteiger partial charge in [-0.15, -0.1) is 0 Å². The first-order chi connectivity index (χ1) is 24.9. The van der Waals surface area contributed by atoms with Crippen molar-refractivity contribution in [2.24, 2.45) is 0 Å². The van der Waals surface area contributed by atoms with E-state index in [1.165, 1.54) is 81.9 Å². The molecule has 0 aromatic heterocycles. The van der Waals surface area contributed by atoms with Gasteiger partial charge in [0.2, 0.25) is 0 Å². The Morgan fingerprint density at radius 3 is 1.49 bits per heavy atom. The van der Waals surface area contributed by atoms with Crippen LogP contribution in [0.2, 0.25) is 0 Å². The molecule has 0 aliphatic heterocycles. The molecule has 0 aliphatic carbocycles. The monoisotopic (exact) mass is 646 g/mol. The van der Waals surface area contributed by atoms with Crippen molar-refractivity contribution in [2.75, 3.05) is 0 Å². The highest BCUT2D eigenvalue weighted by Gasteiger charge is 2.21. The third kappa shape index (κ3) is 4.91. The Kier molecular flexibility index (Phi) is 7.40. The molecule has 5 heteroatoms. The maximum atomic E-state index is 11.2. The Labute approximate surface area is 302 Å². The first kappa shape index (κ1) is 31.1. The molecule has 1 N–H and O–H groups in total. The summed E-state index contributed by atoms with van der Waals surface area (Å²) in [6.45, 7) is 0. The lowest BCUT2D eigenvalue weighted by atomic mass is 9.65. The SMILES string of the molecule is Bc1c(B)c(O)c(B)c(-c2cc(-c3c4ccccc4c(-c4cccc(-c5cccc6ccccc56)c4)c4ccccc34)c3ccccc3c2)c1B. The van der Waals surface area contributed by atoms with Crippen LogP contribution in [0.15, 0.2) is 152 Å². The fraction of sp³-hybridized carbons (Fsp3) is 0. The lowest BCUT2D eigenvalue weighted by molar-refractivity contribution is 0.484. The van der Waals surface area contributed by atoms with Gasteiger partial charge < -0.3 is 5.11 Å². The van der Waals surface area contributed by atoms with E-state index in [0.29, 0.717) is 5.75 Å². The molecule has 9 aromatic carbocycles. The standard InChI is InChI=1S/C46H34B4O/c47-42-40(43(48)46(51)45(50)44(42)49)30-24-27-12-2-4-17-33(27)38(25-30)41-36-20-7-5-18-34(36)39(35-19-6-8-21-37(35)41)29-15-9-14-28(23-29)32-22-10-13-26-11-1-3-16-31(26)32/h1-25,51H,47-50H2. The highest BCUT2D eigenvalue weighted by atomic mass is 16.3. The number of hydrogen-bond donors (Lipinski definition) is 1. The van der Waals surface area contributed by atoms with Crippen LogP contribution >= 0.6 is 0 Å². The summed E-state index contributed by atoms with van der Waals surface area (Å²) in [5, 5.41) is 21.0. The van der Waals surface area contributed by atoms with Crippen molar-refractivity contribution in [1.29, 1.82) is 0 Å². The number of rotatable bonds is 4. The van der Waals surface area contributed by atoms with E-state index in [2.05, 4.69) is 167 Å². The molecular formula is C46H34B4O. The predicted octanol–water partition coefficient (Wildman–Crippen LogP) is 5.71. The van der Waals surface area contributed by atoms with Crippen LogP contribution in [0.1, 0.15) is 0 Å². The highest BCUT2D eigenvalue weighted by molar-refractivity contribution is 6.62. The number of benzene rings is 9. The number of phenolic OH excluding ortho intramolecular Hbond substituents is 1. The fourth-order valence-electron chi connectivity index (χ4n) is 8.47. The molecule has 0 heterocycles. The average molecular weight is 646 g/mol. The summed E-state index contributed by atoms with van der Waals surface area (Å²) in [6, 6.07) is 55.4. The molecule has 9 rings (SSSR count). The van der Waals surface area contributed by atoms with Gasteiger partial charge in [-0.3, -0.25) is 0 Å². The second-order valence-electron chi connectivity index (χ2n) is 13.9. The topological polar surface area (TPSA) is 20.2 Å². The van der Waals surface area contributed by atoms with Crippen LogP contribution in [0, 0.1) is 0 Å². The molecule has 0 unspecified atom stereocenters. The van der Waals surface area contributed by atoms with Crippen molar-refractivity contribution < 1.29 is 5.11 Å². The molecule has 0 spiro atoms. The van der Waals surface area contributed by atoms with Gasteiger partial charge in [0.1, 0.15) is 37.1 Å². The molecular weight excluding hydrogens is 612 g/mol. The molecule has 0 aliphatic rings. The lowest BCUT2D eigenvalue weighted by Crippen LogP contribution is -2.44. The molecule has 51 heavy (non-hydrogen) atoms. The molecule has 0 saturated heterocycles. The van der Waals surface area contributed by atoms with Gasteiger partial charge in [0.05, 0.1) is 0 Å². The molecule has 0 fully saturated rings. The molecule has 0 bridgehead atoms. The van der Waals surface area contributed by atoms with Gasteiger partial charge in [-0.05, 0) is 111 Å². The minimum atomic E-state index is 0.383. The smallest absolute Gasteiger partial charge is 0.144 e. The first-order valence-corrected chi connectivity index (χ1v) is 17.8. The van der Waals surface area contributed by atoms with E-state index in [1.807, 2.05) is 15.7 Å². The van der Waals surface area contributed by atoms with Gasteiger partial charge in [0, 0.05) is 0 Å². The van der Waals surface area contributed by atoms with Crippen LogP contribution in [0.25, 0.3) is 87.6 Å². The van der Waals surface area contributed by atoms with Crippen LogP contribution in [-0.4, -0.2) is 36.5 Å². The summed E-state index contributed by atoms with van der Waals surface area (Å²) in [5.41, 5.74) is 13.8. The van der Waals surface area contributed by atoms with Crippen molar-refractivity contribution >= 4 is 96.3 Å². The molecule has 236 valence electrons. The van der Waals surface area contributed by atoms with E-state index in [1.54, 1.807) is 0 Å². The van der Waals surface area contributed by atoms with Gasteiger partial charge >= 0.3 is 0 Å². The van der Waals surface area contributed by atoms with Gasteiger partial charge in [-0.1, -0.05) is 150 Å². The zero-order valence-corrected chi connectivity index (χ0v) is 29.4. The Balaban J connectivity index is 1.35. The van der Waals surface area contributed by atoms with E-state index in [9.17, 15) is 5.11 Å². The molecule has 0 saturated carbocycles. The van der Waals surface area contributed by atoms with E-state index in [4.69, 9.17) is 0 Å². The maximum absolute atomic E-state index is 11.2. The number of aromatic hydroxyl groups is 1. The van der Waals surface area contributed by atoms with Crippen molar-refractivity contribution in [3.8, 4) is 50.3 Å². The average Bonchev–Trinajstić information content (AvgIpc) is 3.18. The van der Waals surface area contributed by atoms with Crippen LogP contribution < -0.4 is 21.9 Å². The Hall–Kier alpha value is -5.92. The third-order valence-electron chi connectivity index (χ3n) is 11.2. The third-order valence-corrected chi connectivity index (χ3v) is 11.2. The van der Waals surface area contributed by atoms with E-state index < -0.39 is 0 Å². The summed E-state index contributed by atoms with van der Waals surface area (Å²) in [5.74, 6) is 0.383. The number of fused-ring (bicyclic) bond motifs is 4. The normalized spacial score (nSPS) is 11.5. The number of hydrogen-bond acceptors (Lipinski definition) is 1. The molecule has 0 radical (unpaired) electrons. The lowest BCUT2D eigenvalue weighted by Gasteiger charge is -2.22. The van der Waals surface area contributed by atoms with Gasteiger partial charge in [-0.2, -0.15) is 0 Å². The predicted molar refractivity (Wildman–Crippen MR) is 233 cm³/mol. The molecule has 9 aromatic rings. The Bertz CT molecular complexity index is 2780. The van der Waals surface area contributed by atoms with Crippen molar-refractivity contribution in [2.45, 2.75) is 0 Å². The molecule has 0 amide bonds. The second-order valence-corrected chi connectivity index (χ2v) is 13.9. The van der Waals surface area contributed by atoms with E-state index in [0.717, 1.165) is 27.5 Å². The summed E-state index contributed by atoms with van der Waals surface area (Å²) in [7, 11) is 8.36. The van der Waals surface area contributed by atoms with Crippen molar-refractivity contribution in [3.63, 3.8) is 0 Å². The minimum absolute atomic E-state index is 0.383. The first-order valence-electron chi connectivity index (χ1n) is 17.8. The zero-order chi connectivity index (χ0) is 34.8. The maximum Gasteiger partial charge on any atom is 0.144 e. The second kappa shape index (κ2) is 12.1. The summed E-state index contributed by atoms with van der Waals surface area (Å²) < 4.78 is 0.